The standard InChI is InChI=1S/C12H16N4O2S/c1-5-19-12-13-9-8(16(12)6-7(2)3)10(17)14-11(18)15(9)4/h2,5-6H2,1,3-4H3,(H,14,17,18). The summed E-state index contributed by atoms with van der Waals surface area (Å²) in [5.74, 6) is 0.839. The van der Waals surface area contributed by atoms with Crippen molar-refractivity contribution in [2.24, 2.45) is 7.05 Å². The number of hydrogen-bond donors (Lipinski definition) is 1. The number of nitrogens with one attached hydrogen (secondary N) is 1. The van der Waals surface area contributed by atoms with Crippen molar-refractivity contribution < 1.29 is 0 Å². The Morgan fingerprint density at radius 3 is 2.74 bits per heavy atom. The summed E-state index contributed by atoms with van der Waals surface area (Å²) in [5, 5.41) is 0.729. The average Bonchev–Trinajstić information content (AvgIpc) is 2.66. The van der Waals surface area contributed by atoms with Gasteiger partial charge < -0.3 is 4.57 Å². The average molecular weight is 280 g/mol. The smallest absolute Gasteiger partial charge is 0.309 e. The van der Waals surface area contributed by atoms with Crippen molar-refractivity contribution >= 4 is 22.9 Å². The van der Waals surface area contributed by atoms with Gasteiger partial charge in [-0.15, -0.1) is 0 Å². The molecule has 2 rings (SSSR count). The van der Waals surface area contributed by atoms with E-state index in [9.17, 15) is 9.59 Å². The molecule has 1 N–H and O–H groups in total. The summed E-state index contributed by atoms with van der Waals surface area (Å²) in [4.78, 5) is 30.3. The highest BCUT2D eigenvalue weighted by atomic mass is 32.2. The van der Waals surface area contributed by atoms with E-state index >= 15 is 0 Å². The van der Waals surface area contributed by atoms with Crippen LogP contribution in [0, 0.1) is 0 Å². The van der Waals surface area contributed by atoms with E-state index in [0.717, 1.165) is 16.5 Å². The van der Waals surface area contributed by atoms with Crippen molar-refractivity contribution in [1.29, 1.82) is 0 Å². The SMILES string of the molecule is C=C(C)Cn1c(SCC)nc2c1c(=O)[nH]c(=O)n2C. The Balaban J connectivity index is 2.85. The molecule has 0 saturated carbocycles. The monoisotopic (exact) mass is 280 g/mol. The van der Waals surface area contributed by atoms with Crippen LogP contribution in [-0.4, -0.2) is 24.9 Å². The predicted molar refractivity (Wildman–Crippen MR) is 76.8 cm³/mol. The van der Waals surface area contributed by atoms with Crippen molar-refractivity contribution in [2.75, 3.05) is 5.75 Å². The summed E-state index contributed by atoms with van der Waals surface area (Å²) >= 11 is 1.54. The summed E-state index contributed by atoms with van der Waals surface area (Å²) in [6.45, 7) is 8.29. The van der Waals surface area contributed by atoms with Gasteiger partial charge in [0, 0.05) is 13.6 Å². The van der Waals surface area contributed by atoms with Crippen LogP contribution in [0.1, 0.15) is 13.8 Å². The zero-order chi connectivity index (χ0) is 14.2. The van der Waals surface area contributed by atoms with E-state index in [1.807, 2.05) is 18.4 Å². The van der Waals surface area contributed by atoms with Crippen molar-refractivity contribution in [3.05, 3.63) is 33.0 Å². The molecule has 0 unspecified atom stereocenters. The molecule has 7 heteroatoms. The molecule has 0 fully saturated rings. The van der Waals surface area contributed by atoms with Crippen LogP contribution in [0.2, 0.25) is 0 Å². The van der Waals surface area contributed by atoms with Gasteiger partial charge in [0.2, 0.25) is 0 Å². The molecule has 0 saturated heterocycles. The molecular formula is C12H16N4O2S. The van der Waals surface area contributed by atoms with Gasteiger partial charge in [-0.1, -0.05) is 30.8 Å². The Kier molecular flexibility index (Phi) is 3.66. The molecule has 0 aliphatic heterocycles. The minimum absolute atomic E-state index is 0.408. The van der Waals surface area contributed by atoms with E-state index < -0.39 is 11.2 Å². The van der Waals surface area contributed by atoms with E-state index in [0.29, 0.717) is 17.7 Å². The van der Waals surface area contributed by atoms with E-state index in [1.54, 1.807) is 7.05 Å². The number of aromatic amines is 1. The van der Waals surface area contributed by atoms with E-state index in [1.165, 1.54) is 16.3 Å². The number of allylic oxidation sites excluding steroid dienone is 1. The summed E-state index contributed by atoms with van der Waals surface area (Å²) < 4.78 is 3.16. The van der Waals surface area contributed by atoms with Crippen LogP contribution in [0.5, 0.6) is 0 Å². The van der Waals surface area contributed by atoms with E-state index in [2.05, 4.69) is 16.5 Å². The minimum Gasteiger partial charge on any atom is -0.309 e. The van der Waals surface area contributed by atoms with Crippen molar-refractivity contribution in [1.82, 2.24) is 19.1 Å². The first kappa shape index (κ1) is 13.7. The zero-order valence-electron chi connectivity index (χ0n) is 11.2. The molecule has 0 atom stereocenters. The fourth-order valence-electron chi connectivity index (χ4n) is 1.87. The first-order chi connectivity index (χ1) is 8.95. The number of hydrogen-bond acceptors (Lipinski definition) is 4. The van der Waals surface area contributed by atoms with Crippen LogP contribution in [0.15, 0.2) is 26.9 Å². The fourth-order valence-corrected chi connectivity index (χ4v) is 2.59. The normalized spacial score (nSPS) is 11.1. The summed E-state index contributed by atoms with van der Waals surface area (Å²) in [5.41, 5.74) is 0.887. The highest BCUT2D eigenvalue weighted by molar-refractivity contribution is 7.99. The van der Waals surface area contributed by atoms with Gasteiger partial charge in [0.15, 0.2) is 16.3 Å². The Morgan fingerprint density at radius 2 is 2.16 bits per heavy atom. The van der Waals surface area contributed by atoms with Gasteiger partial charge in [0.05, 0.1) is 0 Å². The molecular weight excluding hydrogens is 264 g/mol. The first-order valence-corrected chi connectivity index (χ1v) is 6.91. The molecule has 19 heavy (non-hydrogen) atoms. The van der Waals surface area contributed by atoms with Crippen molar-refractivity contribution in [2.45, 2.75) is 25.5 Å². The van der Waals surface area contributed by atoms with Crippen LogP contribution in [0.25, 0.3) is 11.2 Å². The van der Waals surface area contributed by atoms with Gasteiger partial charge >= 0.3 is 5.69 Å². The lowest BCUT2D eigenvalue weighted by atomic mass is 10.3. The second-order valence-electron chi connectivity index (χ2n) is 4.36. The molecule has 0 radical (unpaired) electrons. The molecule has 2 heterocycles. The van der Waals surface area contributed by atoms with Crippen LogP contribution < -0.4 is 11.2 Å². The lowest BCUT2D eigenvalue weighted by molar-refractivity contribution is 0.719. The highest BCUT2D eigenvalue weighted by Gasteiger charge is 2.16. The number of H-pyrrole nitrogens is 1. The Morgan fingerprint density at radius 1 is 1.47 bits per heavy atom. The third kappa shape index (κ3) is 2.37. The molecule has 102 valence electrons. The lowest BCUT2D eigenvalue weighted by Gasteiger charge is -2.06. The van der Waals surface area contributed by atoms with Gasteiger partial charge in [-0.3, -0.25) is 14.3 Å². The lowest BCUT2D eigenvalue weighted by Crippen LogP contribution is -2.29. The van der Waals surface area contributed by atoms with Crippen LogP contribution in [0.4, 0.5) is 0 Å². The maximum atomic E-state index is 12.0. The summed E-state index contributed by atoms with van der Waals surface area (Å²) in [6.07, 6.45) is 0. The van der Waals surface area contributed by atoms with Gasteiger partial charge in [-0.2, -0.15) is 0 Å². The number of thioether (sulfide) groups is 1. The van der Waals surface area contributed by atoms with Gasteiger partial charge in [-0.05, 0) is 12.7 Å². The Hall–Kier alpha value is -1.76. The minimum atomic E-state index is -0.453. The molecule has 2 aromatic heterocycles. The van der Waals surface area contributed by atoms with Crippen molar-refractivity contribution in [3.63, 3.8) is 0 Å². The maximum Gasteiger partial charge on any atom is 0.329 e. The molecule has 2 aromatic rings. The number of fused-ring (bicyclic) bond motifs is 1. The number of rotatable bonds is 4. The molecule has 0 aliphatic carbocycles. The summed E-state index contributed by atoms with van der Waals surface area (Å²) in [6, 6.07) is 0. The summed E-state index contributed by atoms with van der Waals surface area (Å²) in [7, 11) is 1.60. The quantitative estimate of drug-likeness (QED) is 0.672. The maximum absolute atomic E-state index is 12.0. The van der Waals surface area contributed by atoms with Gasteiger partial charge in [-0.25, -0.2) is 9.78 Å². The third-order valence-corrected chi connectivity index (χ3v) is 3.53. The molecule has 0 aromatic carbocycles. The molecule has 0 amide bonds. The highest BCUT2D eigenvalue weighted by Crippen LogP contribution is 2.21. The van der Waals surface area contributed by atoms with E-state index in [-0.39, 0.29) is 0 Å². The largest absolute Gasteiger partial charge is 0.329 e. The fraction of sp³-hybridized carbons (Fsp3) is 0.417. The van der Waals surface area contributed by atoms with E-state index in [4.69, 9.17) is 0 Å². The first-order valence-electron chi connectivity index (χ1n) is 5.92. The topological polar surface area (TPSA) is 72.7 Å². The van der Waals surface area contributed by atoms with Crippen LogP contribution >= 0.6 is 11.8 Å². The molecule has 0 bridgehead atoms. The van der Waals surface area contributed by atoms with Crippen LogP contribution in [-0.2, 0) is 13.6 Å². The number of aryl methyl sites for hydroxylation is 1. The zero-order valence-corrected chi connectivity index (χ0v) is 12.0. The predicted octanol–water partition coefficient (Wildman–Crippen LogP) is 1.11. The Bertz CT molecular complexity index is 753. The Labute approximate surface area is 114 Å². The number of nitrogens with zero attached hydrogens (tertiary/aromatic N) is 3. The second-order valence-corrected chi connectivity index (χ2v) is 5.59. The second kappa shape index (κ2) is 5.08. The molecule has 0 aliphatic rings. The number of imidazole rings is 1. The number of aromatic nitrogens is 4. The molecule has 6 nitrogen and oxygen atoms in total. The third-order valence-electron chi connectivity index (χ3n) is 2.67. The van der Waals surface area contributed by atoms with Gasteiger partial charge in [0.1, 0.15) is 0 Å². The van der Waals surface area contributed by atoms with Crippen LogP contribution in [0.3, 0.4) is 0 Å². The molecule has 0 spiro atoms. The van der Waals surface area contributed by atoms with Crippen molar-refractivity contribution in [3.8, 4) is 0 Å². The van der Waals surface area contributed by atoms with Gasteiger partial charge in [0.25, 0.3) is 5.56 Å².